The summed E-state index contributed by atoms with van der Waals surface area (Å²) >= 11 is 1.93. The third kappa shape index (κ3) is 7.67. The Kier molecular flexibility index (Phi) is 7.61. The quantitative estimate of drug-likeness (QED) is 0.601. The van der Waals surface area contributed by atoms with Crippen molar-refractivity contribution in [1.29, 1.82) is 0 Å². The van der Waals surface area contributed by atoms with Crippen molar-refractivity contribution < 1.29 is 9.90 Å². The summed E-state index contributed by atoms with van der Waals surface area (Å²) in [5.74, 6) is 3.00. The lowest BCUT2D eigenvalue weighted by atomic mass is 10.0. The van der Waals surface area contributed by atoms with Crippen LogP contribution in [0.15, 0.2) is 0 Å². The van der Waals surface area contributed by atoms with Crippen molar-refractivity contribution in [2.24, 2.45) is 5.92 Å². The van der Waals surface area contributed by atoms with E-state index in [1.165, 1.54) is 5.75 Å². The lowest BCUT2D eigenvalue weighted by Crippen LogP contribution is -2.45. The van der Waals surface area contributed by atoms with Gasteiger partial charge >= 0.3 is 6.03 Å². The van der Waals surface area contributed by atoms with Crippen LogP contribution in [-0.2, 0) is 0 Å². The van der Waals surface area contributed by atoms with Crippen LogP contribution >= 0.6 is 11.8 Å². The van der Waals surface area contributed by atoms with Crippen LogP contribution in [0.4, 0.5) is 4.79 Å². The van der Waals surface area contributed by atoms with Gasteiger partial charge in [0.2, 0.25) is 0 Å². The van der Waals surface area contributed by atoms with E-state index in [2.05, 4.69) is 24.5 Å². The summed E-state index contributed by atoms with van der Waals surface area (Å²) in [4.78, 5) is 11.5. The molecule has 0 aromatic heterocycles. The molecule has 0 radical (unpaired) electrons. The maximum Gasteiger partial charge on any atom is 0.314 e. The number of urea groups is 1. The van der Waals surface area contributed by atoms with Crippen molar-refractivity contribution in [1.82, 2.24) is 10.6 Å². The van der Waals surface area contributed by atoms with Crippen LogP contribution in [0.2, 0.25) is 0 Å². The number of carbonyl (C=O) groups is 1. The number of hydrogen-bond acceptors (Lipinski definition) is 3. The van der Waals surface area contributed by atoms with Gasteiger partial charge in [-0.3, -0.25) is 0 Å². The van der Waals surface area contributed by atoms with E-state index < -0.39 is 5.60 Å². The number of rotatable bonds is 8. The molecule has 4 nitrogen and oxygen atoms in total. The van der Waals surface area contributed by atoms with Crippen LogP contribution < -0.4 is 10.6 Å². The molecule has 0 spiro atoms. The number of hydrogen-bond donors (Lipinski definition) is 3. The Hall–Kier alpha value is -0.420. The van der Waals surface area contributed by atoms with E-state index >= 15 is 0 Å². The van der Waals surface area contributed by atoms with Crippen LogP contribution in [-0.4, -0.2) is 41.3 Å². The molecular formula is C14H28N2O2S. The highest BCUT2D eigenvalue weighted by Gasteiger charge is 2.31. The second kappa shape index (κ2) is 8.69. The topological polar surface area (TPSA) is 61.4 Å². The van der Waals surface area contributed by atoms with Gasteiger partial charge < -0.3 is 15.7 Å². The van der Waals surface area contributed by atoms with E-state index in [0.29, 0.717) is 13.1 Å². The maximum absolute atomic E-state index is 11.5. The van der Waals surface area contributed by atoms with Gasteiger partial charge in [0, 0.05) is 13.1 Å². The molecule has 0 aliphatic heterocycles. The van der Waals surface area contributed by atoms with Gasteiger partial charge in [-0.15, -0.1) is 0 Å². The van der Waals surface area contributed by atoms with Crippen molar-refractivity contribution in [2.75, 3.05) is 24.6 Å². The summed E-state index contributed by atoms with van der Waals surface area (Å²) in [7, 11) is 0. The number of nitrogens with one attached hydrogen (secondary N) is 2. The highest BCUT2D eigenvalue weighted by molar-refractivity contribution is 7.99. The molecule has 3 N–H and O–H groups in total. The smallest absolute Gasteiger partial charge is 0.314 e. The molecule has 0 aromatic rings. The number of carbonyl (C=O) groups excluding carboxylic acids is 1. The lowest BCUT2D eigenvalue weighted by Gasteiger charge is -2.22. The molecule has 1 rings (SSSR count). The van der Waals surface area contributed by atoms with E-state index in [-0.39, 0.29) is 6.03 Å². The fourth-order valence-electron chi connectivity index (χ4n) is 2.21. The van der Waals surface area contributed by atoms with E-state index in [1.54, 1.807) is 0 Å². The number of thioether (sulfide) groups is 1. The molecule has 1 saturated carbocycles. The Bertz CT molecular complexity index is 266. The van der Waals surface area contributed by atoms with Gasteiger partial charge in [-0.2, -0.15) is 11.8 Å². The summed E-state index contributed by atoms with van der Waals surface area (Å²) in [6.07, 6.45) is 4.73. The zero-order valence-corrected chi connectivity index (χ0v) is 13.0. The first kappa shape index (κ1) is 16.6. The first-order valence-corrected chi connectivity index (χ1v) is 8.49. The standard InChI is InChI=1S/C14H28N2O2S/c1-12(2)10-19-9-5-8-15-13(17)16-11-14(18)6-3-4-7-14/h12,18H,3-11H2,1-2H3,(H2,15,16,17). The Morgan fingerprint density at radius 3 is 2.63 bits per heavy atom. The van der Waals surface area contributed by atoms with Crippen molar-refractivity contribution in [2.45, 2.75) is 51.6 Å². The van der Waals surface area contributed by atoms with Crippen LogP contribution in [0.5, 0.6) is 0 Å². The zero-order valence-electron chi connectivity index (χ0n) is 12.2. The van der Waals surface area contributed by atoms with Crippen molar-refractivity contribution in [3.63, 3.8) is 0 Å². The Morgan fingerprint density at radius 2 is 2.00 bits per heavy atom. The van der Waals surface area contributed by atoms with Crippen LogP contribution in [0.25, 0.3) is 0 Å². The molecule has 0 bridgehead atoms. The average Bonchev–Trinajstić information content (AvgIpc) is 2.78. The van der Waals surface area contributed by atoms with Gasteiger partial charge in [-0.1, -0.05) is 26.7 Å². The number of aliphatic hydroxyl groups is 1. The molecule has 2 amide bonds. The highest BCUT2D eigenvalue weighted by Crippen LogP contribution is 2.28. The highest BCUT2D eigenvalue weighted by atomic mass is 32.2. The van der Waals surface area contributed by atoms with Crippen LogP contribution in [0, 0.1) is 5.92 Å². The van der Waals surface area contributed by atoms with Gasteiger partial charge in [0.05, 0.1) is 5.60 Å². The summed E-state index contributed by atoms with van der Waals surface area (Å²) in [6, 6.07) is -0.158. The Balaban J connectivity index is 1.96. The normalized spacial score (nSPS) is 17.7. The maximum atomic E-state index is 11.5. The lowest BCUT2D eigenvalue weighted by molar-refractivity contribution is 0.0501. The molecule has 1 aliphatic carbocycles. The van der Waals surface area contributed by atoms with Gasteiger partial charge in [-0.25, -0.2) is 4.79 Å². The minimum absolute atomic E-state index is 0.158. The first-order valence-electron chi connectivity index (χ1n) is 7.34. The van der Waals surface area contributed by atoms with Crippen molar-refractivity contribution >= 4 is 17.8 Å². The molecule has 0 heterocycles. The minimum Gasteiger partial charge on any atom is -0.388 e. The van der Waals surface area contributed by atoms with Gasteiger partial charge in [0.1, 0.15) is 0 Å². The monoisotopic (exact) mass is 288 g/mol. The summed E-state index contributed by atoms with van der Waals surface area (Å²) in [5.41, 5.74) is -0.662. The second-order valence-corrected chi connectivity index (χ2v) is 7.01. The van der Waals surface area contributed by atoms with Gasteiger partial charge in [-0.05, 0) is 36.7 Å². The fourth-order valence-corrected chi connectivity index (χ4v) is 3.20. The molecule has 0 aromatic carbocycles. The third-order valence-corrected chi connectivity index (χ3v) is 4.79. The van der Waals surface area contributed by atoms with E-state index in [9.17, 15) is 9.90 Å². The molecule has 0 unspecified atom stereocenters. The van der Waals surface area contributed by atoms with Crippen LogP contribution in [0.1, 0.15) is 46.0 Å². The zero-order chi connectivity index (χ0) is 14.1. The second-order valence-electron chi connectivity index (χ2n) is 5.86. The minimum atomic E-state index is -0.662. The Labute approximate surface area is 121 Å². The molecule has 1 aliphatic rings. The van der Waals surface area contributed by atoms with Crippen molar-refractivity contribution in [3.8, 4) is 0 Å². The molecule has 19 heavy (non-hydrogen) atoms. The molecule has 5 heteroatoms. The van der Waals surface area contributed by atoms with Crippen molar-refractivity contribution in [3.05, 3.63) is 0 Å². The molecule has 0 atom stereocenters. The first-order chi connectivity index (χ1) is 9.02. The van der Waals surface area contributed by atoms with Gasteiger partial charge in [0.25, 0.3) is 0 Å². The summed E-state index contributed by atoms with van der Waals surface area (Å²) in [5, 5.41) is 15.7. The van der Waals surface area contributed by atoms with Gasteiger partial charge in [0.15, 0.2) is 0 Å². The van der Waals surface area contributed by atoms with E-state index in [0.717, 1.165) is 43.8 Å². The number of amides is 2. The molecule has 1 fully saturated rings. The summed E-state index contributed by atoms with van der Waals surface area (Å²) in [6.45, 7) is 5.51. The predicted octanol–water partition coefficient (Wildman–Crippen LogP) is 2.37. The third-order valence-electron chi connectivity index (χ3n) is 3.31. The SMILES string of the molecule is CC(C)CSCCCNC(=O)NCC1(O)CCCC1. The molecule has 0 saturated heterocycles. The van der Waals surface area contributed by atoms with E-state index in [4.69, 9.17) is 0 Å². The predicted molar refractivity (Wildman–Crippen MR) is 81.6 cm³/mol. The van der Waals surface area contributed by atoms with E-state index in [1.807, 2.05) is 11.8 Å². The largest absolute Gasteiger partial charge is 0.388 e. The Morgan fingerprint density at radius 1 is 1.32 bits per heavy atom. The fraction of sp³-hybridized carbons (Fsp3) is 0.929. The van der Waals surface area contributed by atoms with Crippen LogP contribution in [0.3, 0.4) is 0 Å². The summed E-state index contributed by atoms with van der Waals surface area (Å²) < 4.78 is 0. The molecule has 112 valence electrons. The molecular weight excluding hydrogens is 260 g/mol. The average molecular weight is 288 g/mol.